The lowest BCUT2D eigenvalue weighted by Gasteiger charge is -2.14. The first-order valence-corrected chi connectivity index (χ1v) is 8.27. The summed E-state index contributed by atoms with van der Waals surface area (Å²) >= 11 is 0. The zero-order valence-electron chi connectivity index (χ0n) is 13.6. The Balaban J connectivity index is 2.11. The van der Waals surface area contributed by atoms with Crippen molar-refractivity contribution in [1.29, 1.82) is 0 Å². The molecular formula is C17H22N3O3P. The number of aliphatic hydroxyl groups is 1. The number of amides is 1. The highest BCUT2D eigenvalue weighted by Crippen LogP contribution is 2.25. The van der Waals surface area contributed by atoms with Gasteiger partial charge in [0.05, 0.1) is 24.1 Å². The van der Waals surface area contributed by atoms with Crippen molar-refractivity contribution in [3.05, 3.63) is 58.8 Å². The zero-order chi connectivity index (χ0) is 17.4. The van der Waals surface area contributed by atoms with E-state index in [-0.39, 0.29) is 19.1 Å². The van der Waals surface area contributed by atoms with Gasteiger partial charge >= 0.3 is 0 Å². The number of allylic oxidation sites excluding steroid dienone is 5. The molecule has 0 aliphatic heterocycles. The normalized spacial score (nSPS) is 14.2. The molecule has 3 N–H and O–H groups in total. The predicted molar refractivity (Wildman–Crippen MR) is 97.2 cm³/mol. The summed E-state index contributed by atoms with van der Waals surface area (Å²) in [4.78, 5) is 21.4. The number of anilines is 1. The molecule has 1 aliphatic rings. The number of nitrogens with one attached hydrogen (secondary N) is 2. The maximum atomic E-state index is 12.3. The summed E-state index contributed by atoms with van der Waals surface area (Å²) in [7, 11) is 2.72. The van der Waals surface area contributed by atoms with E-state index in [2.05, 4.69) is 31.1 Å². The first-order chi connectivity index (χ1) is 11.6. The van der Waals surface area contributed by atoms with Crippen molar-refractivity contribution in [3.63, 3.8) is 0 Å². The number of aliphatic hydroxyl groups excluding tert-OH is 1. The van der Waals surface area contributed by atoms with Gasteiger partial charge in [0.25, 0.3) is 5.91 Å². The Hall–Kier alpha value is -2.01. The van der Waals surface area contributed by atoms with E-state index >= 15 is 0 Å². The van der Waals surface area contributed by atoms with Crippen LogP contribution < -0.4 is 10.8 Å². The summed E-state index contributed by atoms with van der Waals surface area (Å²) in [6.07, 6.45) is 10.6. The quantitative estimate of drug-likeness (QED) is 0.401. The lowest BCUT2D eigenvalue weighted by molar-refractivity contribution is 0.0262. The molecule has 7 heteroatoms. The molecule has 1 atom stereocenters. The summed E-state index contributed by atoms with van der Waals surface area (Å²) < 4.78 is 0. The summed E-state index contributed by atoms with van der Waals surface area (Å²) in [5.74, 6) is -0.365. The minimum atomic E-state index is -0.365. The maximum absolute atomic E-state index is 12.3. The molecule has 1 aromatic heterocycles. The van der Waals surface area contributed by atoms with Crippen LogP contribution in [0.2, 0.25) is 0 Å². The van der Waals surface area contributed by atoms with Crippen LogP contribution in [0.3, 0.4) is 0 Å². The number of carbonyl (C=O) groups excluding carboxylic acids is 1. The molecule has 6 nitrogen and oxygen atoms in total. The molecular weight excluding hydrogens is 325 g/mol. The third-order valence-electron chi connectivity index (χ3n) is 3.41. The minimum Gasteiger partial charge on any atom is -0.396 e. The third kappa shape index (κ3) is 5.27. The number of carbonyl (C=O) groups is 1. The highest BCUT2D eigenvalue weighted by molar-refractivity contribution is 7.22. The van der Waals surface area contributed by atoms with E-state index in [0.717, 1.165) is 17.4 Å². The smallest absolute Gasteiger partial charge is 0.277 e. The predicted octanol–water partition coefficient (Wildman–Crippen LogP) is 2.53. The Morgan fingerprint density at radius 1 is 1.46 bits per heavy atom. The molecule has 24 heavy (non-hydrogen) atoms. The molecule has 0 fully saturated rings. The van der Waals surface area contributed by atoms with E-state index in [4.69, 9.17) is 9.94 Å². The highest BCUT2D eigenvalue weighted by Gasteiger charge is 2.13. The lowest BCUT2D eigenvalue weighted by Crippen LogP contribution is -2.25. The fraction of sp³-hybridized carbons (Fsp3) is 0.294. The van der Waals surface area contributed by atoms with Crippen LogP contribution in [0.5, 0.6) is 0 Å². The monoisotopic (exact) mass is 347 g/mol. The zero-order valence-corrected chi connectivity index (χ0v) is 14.7. The van der Waals surface area contributed by atoms with Crippen molar-refractivity contribution < 1.29 is 14.7 Å². The van der Waals surface area contributed by atoms with Crippen LogP contribution in [0.15, 0.2) is 53.3 Å². The molecule has 0 radical (unpaired) electrons. The molecule has 0 aromatic carbocycles. The van der Waals surface area contributed by atoms with E-state index in [1.54, 1.807) is 18.5 Å². The van der Waals surface area contributed by atoms with Crippen LogP contribution in [0.4, 0.5) is 5.69 Å². The van der Waals surface area contributed by atoms with Gasteiger partial charge in [-0.05, 0) is 37.2 Å². The van der Waals surface area contributed by atoms with Crippen LogP contribution in [0, 0.1) is 0 Å². The van der Waals surface area contributed by atoms with Crippen molar-refractivity contribution >= 4 is 20.8 Å². The summed E-state index contributed by atoms with van der Waals surface area (Å²) in [6.45, 7) is 2.32. The number of hydrogen-bond acceptors (Lipinski definition) is 5. The average molecular weight is 347 g/mol. The SMILES string of the molecule is CC1=CCC(P)=C(Nc2cnccc2C(=O)NOCCCO)C=C1. The first kappa shape index (κ1) is 18.3. The number of nitrogens with zero attached hydrogens (tertiary/aromatic N) is 1. The molecule has 1 unspecified atom stereocenters. The molecule has 0 spiro atoms. The fourth-order valence-electron chi connectivity index (χ4n) is 2.04. The van der Waals surface area contributed by atoms with Gasteiger partial charge in [-0.15, -0.1) is 9.24 Å². The number of pyridine rings is 1. The van der Waals surface area contributed by atoms with E-state index in [1.165, 1.54) is 5.57 Å². The van der Waals surface area contributed by atoms with Gasteiger partial charge in [0.15, 0.2) is 0 Å². The molecule has 0 saturated heterocycles. The Bertz CT molecular complexity index is 683. The molecule has 128 valence electrons. The van der Waals surface area contributed by atoms with Crippen LogP contribution in [-0.2, 0) is 4.84 Å². The van der Waals surface area contributed by atoms with Gasteiger partial charge < -0.3 is 10.4 Å². The average Bonchev–Trinajstić information content (AvgIpc) is 2.74. The van der Waals surface area contributed by atoms with Gasteiger partial charge in [-0.2, -0.15) is 0 Å². The second kappa shape index (κ2) is 9.33. The number of hydrogen-bond donors (Lipinski definition) is 3. The van der Waals surface area contributed by atoms with E-state index in [0.29, 0.717) is 17.7 Å². The van der Waals surface area contributed by atoms with Gasteiger partial charge in [-0.3, -0.25) is 14.6 Å². The van der Waals surface area contributed by atoms with Crippen molar-refractivity contribution in [2.24, 2.45) is 0 Å². The van der Waals surface area contributed by atoms with Gasteiger partial charge in [0, 0.05) is 18.5 Å². The summed E-state index contributed by atoms with van der Waals surface area (Å²) in [5.41, 5.74) is 5.51. The summed E-state index contributed by atoms with van der Waals surface area (Å²) in [5, 5.41) is 13.1. The van der Waals surface area contributed by atoms with Crippen LogP contribution in [0.25, 0.3) is 0 Å². The summed E-state index contributed by atoms with van der Waals surface area (Å²) in [6, 6.07) is 1.63. The fourth-order valence-corrected chi connectivity index (χ4v) is 2.32. The molecule has 1 heterocycles. The second-order valence-electron chi connectivity index (χ2n) is 5.33. The molecule has 0 saturated carbocycles. The van der Waals surface area contributed by atoms with Crippen molar-refractivity contribution in [3.8, 4) is 0 Å². The van der Waals surface area contributed by atoms with Crippen LogP contribution in [0.1, 0.15) is 30.1 Å². The van der Waals surface area contributed by atoms with E-state index in [9.17, 15) is 4.79 Å². The maximum Gasteiger partial charge on any atom is 0.277 e. The molecule has 2 rings (SSSR count). The van der Waals surface area contributed by atoms with Crippen LogP contribution in [-0.4, -0.2) is 29.2 Å². The standard InChI is InChI=1S/C17H22N3O3P/c1-12-3-5-14(16(24)6-4-12)19-15-11-18-8-7-13(15)17(22)20-23-10-2-9-21/h3-5,7-8,11,19,21H,2,6,9-10,24H2,1H3,(H,20,22). The minimum absolute atomic E-state index is 0.0167. The largest absolute Gasteiger partial charge is 0.396 e. The molecule has 1 amide bonds. The van der Waals surface area contributed by atoms with Gasteiger partial charge in [-0.25, -0.2) is 5.48 Å². The number of hydroxylamine groups is 1. The second-order valence-corrected chi connectivity index (χ2v) is 6.02. The Morgan fingerprint density at radius 3 is 3.08 bits per heavy atom. The van der Waals surface area contributed by atoms with E-state index < -0.39 is 0 Å². The van der Waals surface area contributed by atoms with Crippen LogP contribution >= 0.6 is 9.24 Å². The van der Waals surface area contributed by atoms with Gasteiger partial charge in [0.2, 0.25) is 0 Å². The molecule has 1 aromatic rings. The lowest BCUT2D eigenvalue weighted by atomic mass is 10.2. The highest BCUT2D eigenvalue weighted by atomic mass is 31.0. The Kier molecular flexibility index (Phi) is 7.12. The first-order valence-electron chi connectivity index (χ1n) is 7.69. The molecule has 1 aliphatic carbocycles. The Morgan fingerprint density at radius 2 is 2.29 bits per heavy atom. The van der Waals surface area contributed by atoms with Gasteiger partial charge in [0.1, 0.15) is 0 Å². The third-order valence-corrected chi connectivity index (χ3v) is 3.95. The number of rotatable bonds is 7. The van der Waals surface area contributed by atoms with Crippen molar-refractivity contribution in [1.82, 2.24) is 10.5 Å². The molecule has 0 bridgehead atoms. The Labute approximate surface area is 143 Å². The number of aromatic nitrogens is 1. The van der Waals surface area contributed by atoms with Crippen molar-refractivity contribution in [2.75, 3.05) is 18.5 Å². The topological polar surface area (TPSA) is 83.5 Å². The van der Waals surface area contributed by atoms with Gasteiger partial charge in [-0.1, -0.05) is 17.7 Å². The van der Waals surface area contributed by atoms with E-state index in [1.807, 2.05) is 19.1 Å². The van der Waals surface area contributed by atoms with Crippen molar-refractivity contribution in [2.45, 2.75) is 19.8 Å².